The lowest BCUT2D eigenvalue weighted by atomic mass is 9.79. The summed E-state index contributed by atoms with van der Waals surface area (Å²) in [6.07, 6.45) is -4.44. The Morgan fingerprint density at radius 2 is 1.76 bits per heavy atom. The second-order valence-electron chi connectivity index (χ2n) is 10.1. The van der Waals surface area contributed by atoms with Gasteiger partial charge in [0.2, 0.25) is 10.0 Å². The number of sulfonamides is 1. The minimum absolute atomic E-state index is 0.00961. The number of halogens is 3. The largest absolute Gasteiger partial charge is 0.444 e. The maximum atomic E-state index is 13.5. The first-order chi connectivity index (χ1) is 17.9. The van der Waals surface area contributed by atoms with Gasteiger partial charge in [0.25, 0.3) is 5.91 Å². The molecule has 1 aromatic rings. The van der Waals surface area contributed by atoms with E-state index in [0.717, 1.165) is 6.07 Å². The summed E-state index contributed by atoms with van der Waals surface area (Å²) in [5.74, 6) is -1.89. The van der Waals surface area contributed by atoms with Gasteiger partial charge in [-0.15, -0.1) is 0 Å². The molecule has 3 heterocycles. The Bertz CT molecular complexity index is 1110. The van der Waals surface area contributed by atoms with Crippen molar-refractivity contribution in [3.05, 3.63) is 35.4 Å². The highest BCUT2D eigenvalue weighted by molar-refractivity contribution is 7.89. The van der Waals surface area contributed by atoms with Gasteiger partial charge in [-0.3, -0.25) is 10.0 Å². The zero-order chi connectivity index (χ0) is 27.6. The van der Waals surface area contributed by atoms with Crippen LogP contribution in [-0.4, -0.2) is 86.1 Å². The number of hydrogen-bond donors (Lipinski definition) is 2. The molecular formula is C24H32F3N3O7S. The topological polar surface area (TPSA) is 125 Å². The van der Waals surface area contributed by atoms with Gasteiger partial charge in [-0.05, 0) is 43.2 Å². The number of nitrogens with zero attached hydrogens (tertiary/aromatic N) is 2. The van der Waals surface area contributed by atoms with Gasteiger partial charge < -0.3 is 14.4 Å². The normalized spacial score (nSPS) is 23.3. The third kappa shape index (κ3) is 6.24. The molecule has 2 N–H and O–H groups in total. The Balaban J connectivity index is 1.40. The lowest BCUT2D eigenvalue weighted by Gasteiger charge is -2.41. The number of hydroxylamine groups is 1. The summed E-state index contributed by atoms with van der Waals surface area (Å²) in [6.45, 7) is 0.960. The summed E-state index contributed by atoms with van der Waals surface area (Å²) >= 11 is 0. The fraction of sp³-hybridized carbons (Fsp3) is 0.667. The summed E-state index contributed by atoms with van der Waals surface area (Å²) in [4.78, 5) is 26.5. The van der Waals surface area contributed by atoms with E-state index >= 15 is 0 Å². The van der Waals surface area contributed by atoms with Gasteiger partial charge in [0.05, 0.1) is 29.9 Å². The minimum Gasteiger partial charge on any atom is -0.444 e. The fourth-order valence-corrected chi connectivity index (χ4v) is 7.56. The first kappa shape index (κ1) is 28.6. The molecule has 3 aliphatic rings. The SMILES string of the molecule is O=C(OC1CCOC1)N1CCC(CS(=O)(=O)N2CCC(c3ccccc3C(F)(F)F)CC2)(C(=O)NO)CC1. The number of piperidine rings is 2. The molecule has 10 nitrogen and oxygen atoms in total. The average molecular weight is 564 g/mol. The number of ether oxygens (including phenoxy) is 2. The van der Waals surface area contributed by atoms with E-state index < -0.39 is 50.8 Å². The van der Waals surface area contributed by atoms with Crippen molar-refractivity contribution in [2.24, 2.45) is 5.41 Å². The van der Waals surface area contributed by atoms with Crippen LogP contribution in [0, 0.1) is 5.41 Å². The molecule has 212 valence electrons. The third-order valence-corrected chi connectivity index (χ3v) is 9.80. The molecule has 1 atom stereocenters. The predicted octanol–water partition coefficient (Wildman–Crippen LogP) is 2.73. The van der Waals surface area contributed by atoms with Crippen LogP contribution in [0.1, 0.15) is 49.1 Å². The van der Waals surface area contributed by atoms with Crippen molar-refractivity contribution in [1.82, 2.24) is 14.7 Å². The van der Waals surface area contributed by atoms with Crippen LogP contribution < -0.4 is 5.48 Å². The first-order valence-corrected chi connectivity index (χ1v) is 14.2. The van der Waals surface area contributed by atoms with Gasteiger partial charge in [-0.25, -0.2) is 23.0 Å². The van der Waals surface area contributed by atoms with Gasteiger partial charge in [0.15, 0.2) is 0 Å². The Morgan fingerprint density at radius 1 is 1.11 bits per heavy atom. The van der Waals surface area contributed by atoms with Gasteiger partial charge in [0, 0.05) is 32.6 Å². The van der Waals surface area contributed by atoms with Gasteiger partial charge in [-0.2, -0.15) is 13.2 Å². The van der Waals surface area contributed by atoms with Gasteiger partial charge in [-0.1, -0.05) is 18.2 Å². The van der Waals surface area contributed by atoms with Crippen LogP contribution in [0.25, 0.3) is 0 Å². The minimum atomic E-state index is -4.50. The molecule has 4 rings (SSSR count). The van der Waals surface area contributed by atoms with Gasteiger partial charge in [0.1, 0.15) is 6.10 Å². The molecule has 1 unspecified atom stereocenters. The van der Waals surface area contributed by atoms with Crippen molar-refractivity contribution >= 4 is 22.0 Å². The molecule has 14 heteroatoms. The standard InChI is InChI=1S/C24H32F3N3O7S/c25-24(26,27)20-4-2-1-3-19(20)17-5-10-30(11-6-17)38(34,35)16-23(21(31)28-33)8-12-29(13-9-23)22(32)37-18-7-14-36-15-18/h1-4,17-18,33H,5-16H2,(H,28,31). The monoisotopic (exact) mass is 563 g/mol. The van der Waals surface area contributed by atoms with E-state index in [1.165, 1.54) is 27.4 Å². The number of benzene rings is 1. The second-order valence-corrected chi connectivity index (χ2v) is 12.1. The Morgan fingerprint density at radius 3 is 2.34 bits per heavy atom. The Labute approximate surface area is 219 Å². The lowest BCUT2D eigenvalue weighted by molar-refractivity contribution is -0.141. The number of likely N-dealkylation sites (tertiary alicyclic amines) is 1. The van der Waals surface area contributed by atoms with Crippen molar-refractivity contribution in [3.8, 4) is 0 Å². The number of nitrogens with one attached hydrogen (secondary N) is 1. The number of hydrogen-bond acceptors (Lipinski definition) is 7. The second kappa shape index (κ2) is 11.4. The molecular weight excluding hydrogens is 531 g/mol. The van der Waals surface area contributed by atoms with Crippen molar-refractivity contribution in [1.29, 1.82) is 0 Å². The molecule has 1 aromatic carbocycles. The van der Waals surface area contributed by atoms with Crippen LogP contribution >= 0.6 is 0 Å². The molecule has 3 fully saturated rings. The lowest BCUT2D eigenvalue weighted by Crippen LogP contribution is -2.55. The summed E-state index contributed by atoms with van der Waals surface area (Å²) in [5.41, 5.74) is -0.466. The fourth-order valence-electron chi connectivity index (χ4n) is 5.49. The number of amides is 2. The molecule has 3 aliphatic heterocycles. The van der Waals surface area contributed by atoms with Crippen molar-refractivity contribution in [2.45, 2.75) is 50.3 Å². The summed E-state index contributed by atoms with van der Waals surface area (Å²) in [6, 6.07) is 5.32. The number of rotatable bonds is 6. The zero-order valence-electron chi connectivity index (χ0n) is 20.8. The molecule has 0 aromatic heterocycles. The van der Waals surface area contributed by atoms with Crippen molar-refractivity contribution in [3.63, 3.8) is 0 Å². The van der Waals surface area contributed by atoms with Crippen LogP contribution in [0.4, 0.5) is 18.0 Å². The first-order valence-electron chi connectivity index (χ1n) is 12.6. The molecule has 3 saturated heterocycles. The van der Waals surface area contributed by atoms with E-state index in [9.17, 15) is 36.4 Å². The summed E-state index contributed by atoms with van der Waals surface area (Å²) < 4.78 is 78.9. The van der Waals surface area contributed by atoms with Crippen LogP contribution in [-0.2, 0) is 30.5 Å². The van der Waals surface area contributed by atoms with Crippen molar-refractivity contribution < 1.29 is 45.9 Å². The maximum absolute atomic E-state index is 13.5. The molecule has 38 heavy (non-hydrogen) atoms. The zero-order valence-corrected chi connectivity index (χ0v) is 21.6. The highest BCUT2D eigenvalue weighted by Crippen LogP contribution is 2.40. The van der Waals surface area contributed by atoms with Crippen LogP contribution in [0.3, 0.4) is 0 Å². The van der Waals surface area contributed by atoms with E-state index in [1.807, 2.05) is 0 Å². The predicted molar refractivity (Wildman–Crippen MR) is 128 cm³/mol. The van der Waals surface area contributed by atoms with E-state index in [1.54, 1.807) is 5.48 Å². The molecule has 0 spiro atoms. The number of alkyl halides is 3. The van der Waals surface area contributed by atoms with Crippen molar-refractivity contribution in [2.75, 3.05) is 45.1 Å². The molecule has 0 radical (unpaired) electrons. The smallest absolute Gasteiger partial charge is 0.416 e. The van der Waals surface area contributed by atoms with Gasteiger partial charge >= 0.3 is 12.3 Å². The Hall–Kier alpha value is -2.42. The highest BCUT2D eigenvalue weighted by atomic mass is 32.2. The van der Waals surface area contributed by atoms with E-state index in [-0.39, 0.29) is 63.5 Å². The average Bonchev–Trinajstić information content (AvgIpc) is 3.41. The van der Waals surface area contributed by atoms with Crippen LogP contribution in [0.15, 0.2) is 24.3 Å². The van der Waals surface area contributed by atoms with E-state index in [2.05, 4.69) is 0 Å². The third-order valence-electron chi connectivity index (χ3n) is 7.73. The van der Waals surface area contributed by atoms with Crippen LogP contribution in [0.2, 0.25) is 0 Å². The number of carbonyl (C=O) groups is 2. The maximum Gasteiger partial charge on any atom is 0.416 e. The van der Waals surface area contributed by atoms with E-state index in [0.29, 0.717) is 19.6 Å². The summed E-state index contributed by atoms with van der Waals surface area (Å²) in [7, 11) is -4.01. The Kier molecular flexibility index (Phi) is 8.55. The van der Waals surface area contributed by atoms with E-state index in [4.69, 9.17) is 9.47 Å². The quantitative estimate of drug-likeness (QED) is 0.403. The van der Waals surface area contributed by atoms with Crippen LogP contribution in [0.5, 0.6) is 0 Å². The summed E-state index contributed by atoms with van der Waals surface area (Å²) in [5, 5.41) is 9.36. The molecule has 0 aliphatic carbocycles. The number of carbonyl (C=O) groups excluding carboxylic acids is 2. The molecule has 0 bridgehead atoms. The molecule has 2 amide bonds. The highest BCUT2D eigenvalue weighted by Gasteiger charge is 2.48. The molecule has 0 saturated carbocycles.